The monoisotopic (exact) mass is 292 g/mol. The number of carbonyl (C=O) groups excluding carboxylic acids is 1. The van der Waals surface area contributed by atoms with Gasteiger partial charge in [-0.15, -0.1) is 0 Å². The predicted molar refractivity (Wildman–Crippen MR) is 74.0 cm³/mol. The highest BCUT2D eigenvalue weighted by Gasteiger charge is 2.10. The van der Waals surface area contributed by atoms with E-state index in [-0.39, 0.29) is 22.9 Å². The molecular weight excluding hydrogens is 279 g/mol. The normalized spacial score (nSPS) is 11.3. The lowest BCUT2D eigenvalue weighted by Crippen LogP contribution is -2.04. The number of rotatable bonds is 4. The molecule has 0 N–H and O–H groups in total. The van der Waals surface area contributed by atoms with E-state index in [1.165, 1.54) is 36.4 Å². The Hall–Kier alpha value is -2.01. The van der Waals surface area contributed by atoms with E-state index in [4.69, 9.17) is 0 Å². The number of benzene rings is 2. The summed E-state index contributed by atoms with van der Waals surface area (Å²) in [6, 6.07) is 11.5. The second-order valence-electron chi connectivity index (χ2n) is 4.52. The van der Waals surface area contributed by atoms with E-state index >= 15 is 0 Å². The standard InChI is InChI=1S/C15H13FO3S/c1-20(18,19)14-8-4-12(5-9-14)15(17)10-11-2-6-13(16)7-3-11/h2-9H,10H2,1H3. The van der Waals surface area contributed by atoms with Crippen molar-refractivity contribution in [1.82, 2.24) is 0 Å². The van der Waals surface area contributed by atoms with Crippen molar-refractivity contribution in [1.29, 1.82) is 0 Å². The molecule has 0 saturated heterocycles. The van der Waals surface area contributed by atoms with Crippen LogP contribution in [0.5, 0.6) is 0 Å². The van der Waals surface area contributed by atoms with Crippen molar-refractivity contribution in [3.63, 3.8) is 0 Å². The van der Waals surface area contributed by atoms with Crippen molar-refractivity contribution in [3.05, 3.63) is 65.5 Å². The van der Waals surface area contributed by atoms with Crippen LogP contribution in [0.4, 0.5) is 4.39 Å². The zero-order chi connectivity index (χ0) is 14.8. The number of Topliss-reactive ketones (excluding diaryl/α,β-unsaturated/α-hetero) is 1. The van der Waals surface area contributed by atoms with Crippen LogP contribution in [-0.2, 0) is 16.3 Å². The molecule has 3 nitrogen and oxygen atoms in total. The lowest BCUT2D eigenvalue weighted by molar-refractivity contribution is 0.0993. The summed E-state index contributed by atoms with van der Waals surface area (Å²) in [5.41, 5.74) is 1.14. The summed E-state index contributed by atoms with van der Waals surface area (Å²) in [6.45, 7) is 0. The van der Waals surface area contributed by atoms with Crippen LogP contribution in [0.25, 0.3) is 0 Å². The maximum atomic E-state index is 12.8. The van der Waals surface area contributed by atoms with Crippen molar-refractivity contribution in [3.8, 4) is 0 Å². The molecule has 0 aliphatic carbocycles. The van der Waals surface area contributed by atoms with Crippen molar-refractivity contribution < 1.29 is 17.6 Å². The molecule has 2 aromatic rings. The van der Waals surface area contributed by atoms with Crippen molar-refractivity contribution >= 4 is 15.6 Å². The number of carbonyl (C=O) groups is 1. The molecule has 0 aliphatic heterocycles. The van der Waals surface area contributed by atoms with Gasteiger partial charge in [0.2, 0.25) is 0 Å². The molecule has 0 radical (unpaired) electrons. The van der Waals surface area contributed by atoms with Gasteiger partial charge in [-0.1, -0.05) is 24.3 Å². The van der Waals surface area contributed by atoms with Gasteiger partial charge in [-0.05, 0) is 29.8 Å². The highest BCUT2D eigenvalue weighted by molar-refractivity contribution is 7.90. The minimum Gasteiger partial charge on any atom is -0.294 e. The lowest BCUT2D eigenvalue weighted by Gasteiger charge is -2.03. The Labute approximate surface area is 117 Å². The average molecular weight is 292 g/mol. The van der Waals surface area contributed by atoms with Gasteiger partial charge in [0.1, 0.15) is 5.82 Å². The van der Waals surface area contributed by atoms with Crippen LogP contribution >= 0.6 is 0 Å². The van der Waals surface area contributed by atoms with Gasteiger partial charge in [0, 0.05) is 18.2 Å². The lowest BCUT2D eigenvalue weighted by atomic mass is 10.0. The number of halogens is 1. The summed E-state index contributed by atoms with van der Waals surface area (Å²) in [4.78, 5) is 12.2. The van der Waals surface area contributed by atoms with Gasteiger partial charge in [0.15, 0.2) is 15.6 Å². The van der Waals surface area contributed by atoms with Crippen LogP contribution in [0.2, 0.25) is 0 Å². The van der Waals surface area contributed by atoms with Crippen LogP contribution in [0, 0.1) is 5.82 Å². The third-order valence-corrected chi connectivity index (χ3v) is 4.01. The largest absolute Gasteiger partial charge is 0.294 e. The van der Waals surface area contributed by atoms with Gasteiger partial charge in [-0.2, -0.15) is 0 Å². The SMILES string of the molecule is CS(=O)(=O)c1ccc(C(=O)Cc2ccc(F)cc2)cc1. The maximum absolute atomic E-state index is 12.8. The van der Waals surface area contributed by atoms with Gasteiger partial charge >= 0.3 is 0 Å². The zero-order valence-electron chi connectivity index (χ0n) is 10.8. The van der Waals surface area contributed by atoms with Crippen LogP contribution in [0.3, 0.4) is 0 Å². The molecule has 0 atom stereocenters. The first-order valence-electron chi connectivity index (χ1n) is 5.94. The molecule has 0 amide bonds. The van der Waals surface area contributed by atoms with Gasteiger partial charge in [0.05, 0.1) is 4.90 Å². The molecule has 104 valence electrons. The number of hydrogen-bond acceptors (Lipinski definition) is 3. The molecule has 0 fully saturated rings. The molecule has 0 heterocycles. The minimum atomic E-state index is -3.26. The third kappa shape index (κ3) is 3.51. The van der Waals surface area contributed by atoms with Gasteiger partial charge < -0.3 is 0 Å². The second kappa shape index (κ2) is 5.54. The van der Waals surface area contributed by atoms with Crippen molar-refractivity contribution in [2.75, 3.05) is 6.26 Å². The molecule has 0 aliphatic rings. The molecular formula is C15H13FO3S. The molecule has 5 heteroatoms. The van der Waals surface area contributed by atoms with Crippen LogP contribution in [0.1, 0.15) is 15.9 Å². The fourth-order valence-corrected chi connectivity index (χ4v) is 2.41. The Balaban J connectivity index is 2.15. The van der Waals surface area contributed by atoms with E-state index in [1.54, 1.807) is 12.1 Å². The Morgan fingerprint density at radius 2 is 1.55 bits per heavy atom. The molecule has 20 heavy (non-hydrogen) atoms. The number of hydrogen-bond donors (Lipinski definition) is 0. The first kappa shape index (κ1) is 14.4. The molecule has 0 unspecified atom stereocenters. The van der Waals surface area contributed by atoms with E-state index in [2.05, 4.69) is 0 Å². The molecule has 0 bridgehead atoms. The van der Waals surface area contributed by atoms with Crippen LogP contribution in [-0.4, -0.2) is 20.5 Å². The Kier molecular flexibility index (Phi) is 3.99. The van der Waals surface area contributed by atoms with E-state index in [0.29, 0.717) is 11.1 Å². The summed E-state index contributed by atoms with van der Waals surface area (Å²) in [6.07, 6.45) is 1.26. The van der Waals surface area contributed by atoms with E-state index in [0.717, 1.165) is 6.26 Å². The van der Waals surface area contributed by atoms with Gasteiger partial charge in [-0.3, -0.25) is 4.79 Å². The summed E-state index contributed by atoms with van der Waals surface area (Å²) in [5, 5.41) is 0. The smallest absolute Gasteiger partial charge is 0.175 e. The Morgan fingerprint density at radius 3 is 2.05 bits per heavy atom. The average Bonchev–Trinajstić information content (AvgIpc) is 2.40. The highest BCUT2D eigenvalue weighted by Crippen LogP contribution is 2.13. The second-order valence-corrected chi connectivity index (χ2v) is 6.54. The number of sulfone groups is 1. The van der Waals surface area contributed by atoms with Crippen molar-refractivity contribution in [2.24, 2.45) is 0 Å². The molecule has 0 spiro atoms. The van der Waals surface area contributed by atoms with Gasteiger partial charge in [-0.25, -0.2) is 12.8 Å². The third-order valence-electron chi connectivity index (χ3n) is 2.88. The Bertz CT molecular complexity index is 717. The topological polar surface area (TPSA) is 51.2 Å². The van der Waals surface area contributed by atoms with Crippen LogP contribution in [0.15, 0.2) is 53.4 Å². The Morgan fingerprint density at radius 1 is 1.00 bits per heavy atom. The summed E-state index contributed by atoms with van der Waals surface area (Å²) in [5.74, 6) is -0.490. The maximum Gasteiger partial charge on any atom is 0.175 e. The molecule has 2 aromatic carbocycles. The summed E-state index contributed by atoms with van der Waals surface area (Å²) in [7, 11) is -3.26. The predicted octanol–water partition coefficient (Wildman–Crippen LogP) is 2.65. The fourth-order valence-electron chi connectivity index (χ4n) is 1.78. The first-order valence-corrected chi connectivity index (χ1v) is 7.83. The van der Waals surface area contributed by atoms with E-state index in [9.17, 15) is 17.6 Å². The summed E-state index contributed by atoms with van der Waals surface area (Å²) < 4.78 is 35.4. The minimum absolute atomic E-state index is 0.142. The van der Waals surface area contributed by atoms with Crippen molar-refractivity contribution in [2.45, 2.75) is 11.3 Å². The quantitative estimate of drug-likeness (QED) is 0.814. The zero-order valence-corrected chi connectivity index (χ0v) is 11.7. The highest BCUT2D eigenvalue weighted by atomic mass is 32.2. The number of ketones is 1. The fraction of sp³-hybridized carbons (Fsp3) is 0.133. The van der Waals surface area contributed by atoms with Gasteiger partial charge in [0.25, 0.3) is 0 Å². The van der Waals surface area contributed by atoms with Crippen LogP contribution < -0.4 is 0 Å². The first-order chi connectivity index (χ1) is 9.36. The van der Waals surface area contributed by atoms with E-state index in [1.807, 2.05) is 0 Å². The molecule has 0 aromatic heterocycles. The molecule has 0 saturated carbocycles. The molecule has 2 rings (SSSR count). The van der Waals surface area contributed by atoms with E-state index < -0.39 is 9.84 Å². The summed E-state index contributed by atoms with van der Waals surface area (Å²) >= 11 is 0.